The van der Waals surface area contributed by atoms with E-state index in [9.17, 15) is 13.2 Å². The zero-order valence-electron chi connectivity index (χ0n) is 17.6. The standard InChI is InChI=1S/C24H21F3N6/c1-14(28)12-17(29)21-10-4-8-19(32-21)15-6-2-3-7-16(15)20-9-5-11-22(33-20)18(30)13-23(31)24(25,26)27/h2-13,29-30H,28,31H2,1H3. The van der Waals surface area contributed by atoms with Gasteiger partial charge in [0.05, 0.1) is 34.2 Å². The van der Waals surface area contributed by atoms with Crippen LogP contribution in [-0.2, 0) is 0 Å². The number of allylic oxidation sites excluding steroid dienone is 4. The first-order valence-corrected chi connectivity index (χ1v) is 9.76. The van der Waals surface area contributed by atoms with E-state index in [4.69, 9.17) is 22.3 Å². The van der Waals surface area contributed by atoms with Gasteiger partial charge in [-0.15, -0.1) is 0 Å². The molecule has 1 aromatic carbocycles. The molecule has 0 radical (unpaired) electrons. The fraction of sp³-hybridized carbons (Fsp3) is 0.0833. The Morgan fingerprint density at radius 2 is 1.21 bits per heavy atom. The van der Waals surface area contributed by atoms with Gasteiger partial charge in [-0.1, -0.05) is 36.4 Å². The van der Waals surface area contributed by atoms with Gasteiger partial charge in [-0.05, 0) is 43.3 Å². The molecule has 6 N–H and O–H groups in total. The maximum absolute atomic E-state index is 12.7. The number of nitrogens with two attached hydrogens (primary N) is 2. The summed E-state index contributed by atoms with van der Waals surface area (Å²) in [7, 11) is 0. The van der Waals surface area contributed by atoms with Crippen molar-refractivity contribution in [1.82, 2.24) is 9.97 Å². The Labute approximate surface area is 188 Å². The van der Waals surface area contributed by atoms with Gasteiger partial charge >= 0.3 is 6.18 Å². The number of aromatic nitrogens is 2. The van der Waals surface area contributed by atoms with Gasteiger partial charge in [-0.25, -0.2) is 9.97 Å². The molecule has 0 aliphatic carbocycles. The lowest BCUT2D eigenvalue weighted by Gasteiger charge is -2.11. The van der Waals surface area contributed by atoms with Crippen molar-refractivity contribution in [3.63, 3.8) is 0 Å². The molecule has 0 saturated heterocycles. The normalized spacial score (nSPS) is 12.5. The third-order valence-electron chi connectivity index (χ3n) is 4.53. The van der Waals surface area contributed by atoms with Crippen LogP contribution in [0.4, 0.5) is 13.2 Å². The molecule has 0 fully saturated rings. The summed E-state index contributed by atoms with van der Waals surface area (Å²) in [5.74, 6) is 0. The third-order valence-corrected chi connectivity index (χ3v) is 4.53. The predicted molar refractivity (Wildman–Crippen MR) is 123 cm³/mol. The SMILES string of the molecule is CC(N)=CC(=N)c1cccc(-c2ccccc2-c2cccc(C(=N)C=C(N)C(F)(F)F)n2)n1. The summed E-state index contributed by atoms with van der Waals surface area (Å²) in [6.45, 7) is 1.68. The highest BCUT2D eigenvalue weighted by Gasteiger charge is 2.31. The van der Waals surface area contributed by atoms with E-state index in [1.807, 2.05) is 12.1 Å². The Morgan fingerprint density at radius 3 is 1.64 bits per heavy atom. The van der Waals surface area contributed by atoms with Crippen LogP contribution in [0.25, 0.3) is 22.5 Å². The van der Waals surface area contributed by atoms with Crippen LogP contribution in [0.5, 0.6) is 0 Å². The molecule has 3 aromatic rings. The monoisotopic (exact) mass is 450 g/mol. The number of halogens is 3. The minimum Gasteiger partial charge on any atom is -0.402 e. The molecule has 6 nitrogen and oxygen atoms in total. The number of rotatable bonds is 6. The van der Waals surface area contributed by atoms with Gasteiger partial charge in [0.15, 0.2) is 0 Å². The molecule has 0 atom stereocenters. The van der Waals surface area contributed by atoms with Crippen molar-refractivity contribution < 1.29 is 13.2 Å². The van der Waals surface area contributed by atoms with Gasteiger partial charge in [0.1, 0.15) is 5.70 Å². The van der Waals surface area contributed by atoms with Crippen molar-refractivity contribution in [1.29, 1.82) is 10.8 Å². The lowest BCUT2D eigenvalue weighted by molar-refractivity contribution is -0.0925. The largest absolute Gasteiger partial charge is 0.430 e. The molecular formula is C24H21F3N6. The highest BCUT2D eigenvalue weighted by Crippen LogP contribution is 2.30. The van der Waals surface area contributed by atoms with E-state index in [-0.39, 0.29) is 11.4 Å². The van der Waals surface area contributed by atoms with Gasteiger partial charge in [-0.3, -0.25) is 10.8 Å². The number of nitrogens with zero attached hydrogens (tertiary/aromatic N) is 2. The topological polar surface area (TPSA) is 126 Å². The first-order chi connectivity index (χ1) is 15.6. The Hall–Kier alpha value is -4.27. The summed E-state index contributed by atoms with van der Waals surface area (Å²) in [6, 6.07) is 17.2. The second-order valence-corrected chi connectivity index (χ2v) is 7.17. The van der Waals surface area contributed by atoms with Crippen LogP contribution in [0.2, 0.25) is 0 Å². The fourth-order valence-electron chi connectivity index (χ4n) is 3.01. The summed E-state index contributed by atoms with van der Waals surface area (Å²) >= 11 is 0. The first-order valence-electron chi connectivity index (χ1n) is 9.76. The minimum absolute atomic E-state index is 0.0431. The second-order valence-electron chi connectivity index (χ2n) is 7.17. The molecular weight excluding hydrogens is 429 g/mol. The Bertz CT molecular complexity index is 1270. The average Bonchev–Trinajstić information content (AvgIpc) is 2.78. The summed E-state index contributed by atoms with van der Waals surface area (Å²) in [6.07, 6.45) is -2.67. The first kappa shape index (κ1) is 23.4. The lowest BCUT2D eigenvalue weighted by Crippen LogP contribution is -2.20. The van der Waals surface area contributed by atoms with E-state index in [1.54, 1.807) is 49.4 Å². The van der Waals surface area contributed by atoms with E-state index in [0.29, 0.717) is 40.0 Å². The van der Waals surface area contributed by atoms with Gasteiger partial charge < -0.3 is 11.5 Å². The number of benzene rings is 1. The molecule has 0 aliphatic rings. The summed E-state index contributed by atoms with van der Waals surface area (Å²) in [5, 5.41) is 16.1. The van der Waals surface area contributed by atoms with Crippen LogP contribution < -0.4 is 11.5 Å². The summed E-state index contributed by atoms with van der Waals surface area (Å²) in [4.78, 5) is 8.93. The van der Waals surface area contributed by atoms with Crippen molar-refractivity contribution in [2.75, 3.05) is 0 Å². The fourth-order valence-corrected chi connectivity index (χ4v) is 3.01. The molecule has 2 heterocycles. The minimum atomic E-state index is -4.72. The molecule has 0 saturated carbocycles. The van der Waals surface area contributed by atoms with Crippen LogP contribution in [0.15, 0.2) is 84.2 Å². The quantitative estimate of drug-likeness (QED) is 0.402. The molecule has 9 heteroatoms. The summed E-state index contributed by atoms with van der Waals surface area (Å²) in [5.41, 5.74) is 12.4. The van der Waals surface area contributed by atoms with Gasteiger partial charge in [0.25, 0.3) is 0 Å². The molecule has 0 aliphatic heterocycles. The van der Waals surface area contributed by atoms with E-state index >= 15 is 0 Å². The Balaban J connectivity index is 2.03. The van der Waals surface area contributed by atoms with Crippen LogP contribution >= 0.6 is 0 Å². The van der Waals surface area contributed by atoms with Crippen molar-refractivity contribution >= 4 is 11.4 Å². The average molecular weight is 450 g/mol. The highest BCUT2D eigenvalue weighted by atomic mass is 19.4. The second kappa shape index (κ2) is 9.47. The zero-order valence-corrected chi connectivity index (χ0v) is 17.6. The summed E-state index contributed by atoms with van der Waals surface area (Å²) < 4.78 is 38.2. The molecule has 0 spiro atoms. The van der Waals surface area contributed by atoms with Crippen molar-refractivity contribution in [3.05, 3.63) is 95.6 Å². The smallest absolute Gasteiger partial charge is 0.402 e. The van der Waals surface area contributed by atoms with Crippen LogP contribution in [0, 0.1) is 10.8 Å². The lowest BCUT2D eigenvalue weighted by atomic mass is 10.00. The molecule has 0 bridgehead atoms. The number of pyridine rings is 2. The van der Waals surface area contributed by atoms with E-state index in [2.05, 4.69) is 9.97 Å². The van der Waals surface area contributed by atoms with Gasteiger partial charge in [-0.2, -0.15) is 13.2 Å². The Kier molecular flexibility index (Phi) is 6.72. The van der Waals surface area contributed by atoms with Gasteiger partial charge in [0, 0.05) is 16.8 Å². The van der Waals surface area contributed by atoms with Crippen molar-refractivity contribution in [2.45, 2.75) is 13.1 Å². The molecule has 33 heavy (non-hydrogen) atoms. The van der Waals surface area contributed by atoms with E-state index in [0.717, 1.165) is 0 Å². The van der Waals surface area contributed by atoms with Crippen molar-refractivity contribution in [2.24, 2.45) is 11.5 Å². The molecule has 2 aromatic heterocycles. The van der Waals surface area contributed by atoms with E-state index < -0.39 is 17.6 Å². The molecule has 0 amide bonds. The maximum atomic E-state index is 12.7. The highest BCUT2D eigenvalue weighted by molar-refractivity contribution is 6.06. The van der Waals surface area contributed by atoms with Crippen LogP contribution in [-0.4, -0.2) is 27.6 Å². The number of nitrogens with one attached hydrogen (secondary N) is 2. The molecule has 3 rings (SSSR count). The molecule has 168 valence electrons. The zero-order chi connectivity index (χ0) is 24.2. The number of hydrogen-bond donors (Lipinski definition) is 4. The van der Waals surface area contributed by atoms with Crippen LogP contribution in [0.1, 0.15) is 18.3 Å². The van der Waals surface area contributed by atoms with Crippen LogP contribution in [0.3, 0.4) is 0 Å². The number of alkyl halides is 3. The predicted octanol–water partition coefficient (Wildman–Crippen LogP) is 4.81. The number of hydrogen-bond acceptors (Lipinski definition) is 6. The third kappa shape index (κ3) is 5.70. The van der Waals surface area contributed by atoms with E-state index in [1.165, 1.54) is 12.1 Å². The van der Waals surface area contributed by atoms with Crippen molar-refractivity contribution in [3.8, 4) is 22.5 Å². The Morgan fingerprint density at radius 1 is 0.758 bits per heavy atom. The van der Waals surface area contributed by atoms with Gasteiger partial charge in [0.2, 0.25) is 0 Å². The maximum Gasteiger partial charge on any atom is 0.430 e. The molecule has 0 unspecified atom stereocenters.